The minimum atomic E-state index is -1.22. The maximum Gasteiger partial charge on any atom is 0.325 e. The molecule has 2 aliphatic rings. The van der Waals surface area contributed by atoms with Crippen molar-refractivity contribution in [3.63, 3.8) is 0 Å². The Kier molecular flexibility index (Phi) is 6.62. The molecule has 0 aliphatic carbocycles. The number of nitrogens with zero attached hydrogens (tertiary/aromatic N) is 2. The van der Waals surface area contributed by atoms with Crippen LogP contribution in [0.4, 0.5) is 4.79 Å². The molecule has 8 heteroatoms. The van der Waals surface area contributed by atoms with Crippen LogP contribution in [0.25, 0.3) is 0 Å². The molecule has 2 fully saturated rings. The maximum absolute atomic E-state index is 13.2. The number of likely N-dealkylation sites (tertiary alicyclic amines) is 1. The van der Waals surface area contributed by atoms with Gasteiger partial charge in [0.15, 0.2) is 0 Å². The Bertz CT molecular complexity index is 897. The fourth-order valence-electron chi connectivity index (χ4n) is 4.20. The second kappa shape index (κ2) is 8.92. The molecule has 1 aromatic rings. The minimum Gasteiger partial charge on any atom is -0.466 e. The van der Waals surface area contributed by atoms with Gasteiger partial charge in [0, 0.05) is 13.1 Å². The fourth-order valence-corrected chi connectivity index (χ4v) is 4.20. The van der Waals surface area contributed by atoms with E-state index in [1.165, 1.54) is 0 Å². The number of imide groups is 1. The zero-order valence-corrected chi connectivity index (χ0v) is 19.6. The second-order valence-electron chi connectivity index (χ2n) is 9.68. The Morgan fingerprint density at radius 1 is 1.12 bits per heavy atom. The summed E-state index contributed by atoms with van der Waals surface area (Å²) >= 11 is 0. The van der Waals surface area contributed by atoms with Crippen molar-refractivity contribution in [2.75, 3.05) is 26.2 Å². The molecule has 2 aliphatic heterocycles. The number of carbonyl (C=O) groups is 4. The molecule has 32 heavy (non-hydrogen) atoms. The van der Waals surface area contributed by atoms with Gasteiger partial charge in [-0.25, -0.2) is 4.79 Å². The van der Waals surface area contributed by atoms with Gasteiger partial charge >= 0.3 is 12.0 Å². The average molecular weight is 444 g/mol. The number of nitrogens with one attached hydrogen (secondary N) is 1. The van der Waals surface area contributed by atoms with Crippen LogP contribution < -0.4 is 5.32 Å². The zero-order valence-electron chi connectivity index (χ0n) is 19.6. The predicted molar refractivity (Wildman–Crippen MR) is 119 cm³/mol. The molecule has 8 nitrogen and oxygen atoms in total. The van der Waals surface area contributed by atoms with Gasteiger partial charge in [-0.1, -0.05) is 45.0 Å². The minimum absolute atomic E-state index is 0.0262. The number of carbonyl (C=O) groups excluding carboxylic acids is 4. The normalized spacial score (nSPS) is 22.2. The molecule has 174 valence electrons. The van der Waals surface area contributed by atoms with Crippen molar-refractivity contribution in [1.82, 2.24) is 15.1 Å². The van der Waals surface area contributed by atoms with E-state index >= 15 is 0 Å². The monoisotopic (exact) mass is 443 g/mol. The first-order valence-electron chi connectivity index (χ1n) is 11.2. The Labute approximate surface area is 189 Å². The Morgan fingerprint density at radius 3 is 2.25 bits per heavy atom. The fraction of sp³-hybridized carbons (Fsp3) is 0.583. The van der Waals surface area contributed by atoms with Gasteiger partial charge in [0.1, 0.15) is 12.1 Å². The van der Waals surface area contributed by atoms with E-state index in [-0.39, 0.29) is 29.8 Å². The molecule has 0 spiro atoms. The summed E-state index contributed by atoms with van der Waals surface area (Å²) in [4.78, 5) is 53.0. The summed E-state index contributed by atoms with van der Waals surface area (Å²) in [5, 5.41) is 2.75. The molecule has 0 aromatic heterocycles. The predicted octanol–water partition coefficient (Wildman–Crippen LogP) is 2.55. The molecule has 0 saturated carbocycles. The van der Waals surface area contributed by atoms with E-state index in [2.05, 4.69) is 26.1 Å². The van der Waals surface area contributed by atoms with Gasteiger partial charge in [0.2, 0.25) is 5.91 Å². The van der Waals surface area contributed by atoms with Crippen molar-refractivity contribution < 1.29 is 23.9 Å². The van der Waals surface area contributed by atoms with Crippen LogP contribution in [-0.2, 0) is 30.1 Å². The third kappa shape index (κ3) is 4.64. The van der Waals surface area contributed by atoms with Crippen molar-refractivity contribution >= 4 is 23.8 Å². The molecule has 0 radical (unpaired) electrons. The van der Waals surface area contributed by atoms with Crippen LogP contribution in [0.1, 0.15) is 58.6 Å². The number of rotatable bonds is 5. The van der Waals surface area contributed by atoms with E-state index in [1.54, 1.807) is 18.7 Å². The highest BCUT2D eigenvalue weighted by atomic mass is 16.5. The number of ether oxygens (including phenoxy) is 1. The molecule has 1 N–H and O–H groups in total. The van der Waals surface area contributed by atoms with Gasteiger partial charge in [-0.15, -0.1) is 0 Å². The Morgan fingerprint density at radius 2 is 1.72 bits per heavy atom. The van der Waals surface area contributed by atoms with Crippen LogP contribution >= 0.6 is 0 Å². The average Bonchev–Trinajstić information content (AvgIpc) is 2.97. The molecule has 2 saturated heterocycles. The summed E-state index contributed by atoms with van der Waals surface area (Å²) in [5.74, 6) is -1.19. The van der Waals surface area contributed by atoms with Crippen LogP contribution in [0.2, 0.25) is 0 Å². The lowest BCUT2D eigenvalue weighted by atomic mass is 9.84. The van der Waals surface area contributed by atoms with Crippen LogP contribution in [0, 0.1) is 5.92 Å². The number of hydrogen-bond donors (Lipinski definition) is 1. The van der Waals surface area contributed by atoms with Crippen LogP contribution in [0.15, 0.2) is 24.3 Å². The van der Waals surface area contributed by atoms with Gasteiger partial charge in [-0.2, -0.15) is 0 Å². The molecule has 1 unspecified atom stereocenters. The number of hydrogen-bond acceptors (Lipinski definition) is 5. The smallest absolute Gasteiger partial charge is 0.325 e. The van der Waals surface area contributed by atoms with Gasteiger partial charge in [-0.3, -0.25) is 19.3 Å². The lowest BCUT2D eigenvalue weighted by molar-refractivity contribution is -0.151. The number of amides is 4. The van der Waals surface area contributed by atoms with E-state index in [9.17, 15) is 19.2 Å². The summed E-state index contributed by atoms with van der Waals surface area (Å²) in [6.45, 7) is 10.6. The third-order valence-electron chi connectivity index (χ3n) is 6.36. The molecule has 0 bridgehead atoms. The lowest BCUT2D eigenvalue weighted by Crippen LogP contribution is -2.47. The van der Waals surface area contributed by atoms with Gasteiger partial charge < -0.3 is 15.0 Å². The van der Waals surface area contributed by atoms with Crippen molar-refractivity contribution in [1.29, 1.82) is 0 Å². The summed E-state index contributed by atoms with van der Waals surface area (Å²) in [5.41, 5.74) is 0.556. The molecular formula is C24H33N3O5. The molecule has 1 atom stereocenters. The summed E-state index contributed by atoms with van der Waals surface area (Å²) < 4.78 is 5.06. The van der Waals surface area contributed by atoms with Gasteiger partial charge in [0.05, 0.1) is 12.5 Å². The number of urea groups is 1. The van der Waals surface area contributed by atoms with E-state index < -0.39 is 17.5 Å². The summed E-state index contributed by atoms with van der Waals surface area (Å²) in [7, 11) is 0. The molecule has 4 amide bonds. The first-order chi connectivity index (χ1) is 15.0. The first kappa shape index (κ1) is 23.8. The second-order valence-corrected chi connectivity index (χ2v) is 9.68. The number of piperidine rings is 1. The van der Waals surface area contributed by atoms with Crippen molar-refractivity contribution in [3.05, 3.63) is 35.4 Å². The SMILES string of the molecule is CCOC(=O)C1CCN(C(=O)CN2C(=O)NC(C)(c3ccc(C(C)(C)C)cc3)C2=O)CC1. The highest BCUT2D eigenvalue weighted by molar-refractivity contribution is 6.09. The highest BCUT2D eigenvalue weighted by Gasteiger charge is 2.49. The third-order valence-corrected chi connectivity index (χ3v) is 6.36. The summed E-state index contributed by atoms with van der Waals surface area (Å²) in [6, 6.07) is 7.05. The molecule has 2 heterocycles. The summed E-state index contributed by atoms with van der Waals surface area (Å²) in [6.07, 6.45) is 1.03. The Balaban J connectivity index is 1.65. The van der Waals surface area contributed by atoms with Crippen molar-refractivity contribution in [2.45, 2.75) is 58.4 Å². The molecular weight excluding hydrogens is 410 g/mol. The quantitative estimate of drug-likeness (QED) is 0.557. The van der Waals surface area contributed by atoms with Crippen LogP contribution in [0.5, 0.6) is 0 Å². The van der Waals surface area contributed by atoms with E-state index in [0.29, 0.717) is 38.1 Å². The standard InChI is InChI=1S/C24H33N3O5/c1-6-32-20(29)16-11-13-26(14-12-16)19(28)15-27-21(30)24(5,25-22(27)31)18-9-7-17(8-10-18)23(2,3)4/h7-10,16H,6,11-15H2,1-5H3,(H,25,31). The van der Waals surface area contributed by atoms with E-state index in [1.807, 2.05) is 24.3 Å². The molecule has 1 aromatic carbocycles. The van der Waals surface area contributed by atoms with Crippen molar-refractivity contribution in [3.8, 4) is 0 Å². The molecule has 3 rings (SSSR count). The maximum atomic E-state index is 13.2. The van der Waals surface area contributed by atoms with E-state index in [0.717, 1.165) is 10.5 Å². The van der Waals surface area contributed by atoms with E-state index in [4.69, 9.17) is 4.74 Å². The van der Waals surface area contributed by atoms with Crippen molar-refractivity contribution in [2.24, 2.45) is 5.92 Å². The number of esters is 1. The lowest BCUT2D eigenvalue weighted by Gasteiger charge is -2.31. The highest BCUT2D eigenvalue weighted by Crippen LogP contribution is 2.31. The topological polar surface area (TPSA) is 96.0 Å². The van der Waals surface area contributed by atoms with Crippen LogP contribution in [0.3, 0.4) is 0 Å². The first-order valence-corrected chi connectivity index (χ1v) is 11.2. The van der Waals surface area contributed by atoms with Gasteiger partial charge in [-0.05, 0) is 43.2 Å². The largest absolute Gasteiger partial charge is 0.466 e. The van der Waals surface area contributed by atoms with Gasteiger partial charge in [0.25, 0.3) is 5.91 Å². The van der Waals surface area contributed by atoms with Crippen LogP contribution in [-0.4, -0.2) is 59.9 Å². The number of benzene rings is 1. The Hall–Kier alpha value is -2.90. The zero-order chi connectivity index (χ0) is 23.7.